The minimum atomic E-state index is 0.265. The predicted molar refractivity (Wildman–Crippen MR) is 64.2 cm³/mol. The summed E-state index contributed by atoms with van der Waals surface area (Å²) in [6.45, 7) is 0. The first-order valence-electron chi connectivity index (χ1n) is 3.86. The van der Waals surface area contributed by atoms with E-state index >= 15 is 0 Å². The lowest BCUT2D eigenvalue weighted by Gasteiger charge is -2.00. The number of halogens is 2. The van der Waals surface area contributed by atoms with Gasteiger partial charge in [-0.05, 0) is 46.9 Å². The zero-order chi connectivity index (χ0) is 10.1. The van der Waals surface area contributed by atoms with Crippen LogP contribution in [0, 0.1) is 14.9 Å². The molecule has 1 aromatic carbocycles. The molecule has 0 bridgehead atoms. The van der Waals surface area contributed by atoms with Gasteiger partial charge in [0.1, 0.15) is 11.2 Å². The van der Waals surface area contributed by atoms with Crippen molar-refractivity contribution in [2.24, 2.45) is 0 Å². The number of rotatable bonds is 0. The SMILES string of the molecule is N#Cc1cc2cc(I)ccc2nc1Cl. The van der Waals surface area contributed by atoms with E-state index in [1.165, 1.54) is 0 Å². The lowest BCUT2D eigenvalue weighted by atomic mass is 10.2. The molecule has 2 rings (SSSR count). The van der Waals surface area contributed by atoms with Gasteiger partial charge in [0.05, 0.1) is 11.1 Å². The monoisotopic (exact) mass is 314 g/mol. The van der Waals surface area contributed by atoms with E-state index in [1.54, 1.807) is 6.07 Å². The highest BCUT2D eigenvalue weighted by Gasteiger charge is 2.03. The van der Waals surface area contributed by atoms with Gasteiger partial charge in [0, 0.05) is 8.96 Å². The molecule has 0 radical (unpaired) electrons. The molecule has 0 aliphatic rings. The molecule has 0 N–H and O–H groups in total. The van der Waals surface area contributed by atoms with Gasteiger partial charge >= 0.3 is 0 Å². The number of benzene rings is 1. The molecule has 0 spiro atoms. The van der Waals surface area contributed by atoms with Crippen LogP contribution in [0.1, 0.15) is 5.56 Å². The highest BCUT2D eigenvalue weighted by atomic mass is 127. The fourth-order valence-corrected chi connectivity index (χ4v) is 1.91. The van der Waals surface area contributed by atoms with E-state index in [-0.39, 0.29) is 5.15 Å². The van der Waals surface area contributed by atoms with Gasteiger partial charge in [-0.1, -0.05) is 11.6 Å². The van der Waals surface area contributed by atoms with E-state index in [1.807, 2.05) is 24.3 Å². The number of hydrogen-bond donors (Lipinski definition) is 0. The number of aromatic nitrogens is 1. The Morgan fingerprint density at radius 3 is 2.86 bits per heavy atom. The van der Waals surface area contributed by atoms with Gasteiger partial charge in [0.15, 0.2) is 0 Å². The number of nitriles is 1. The number of pyridine rings is 1. The Balaban J connectivity index is 2.82. The van der Waals surface area contributed by atoms with Crippen LogP contribution in [-0.2, 0) is 0 Å². The van der Waals surface area contributed by atoms with Gasteiger partial charge in [-0.3, -0.25) is 0 Å². The zero-order valence-electron chi connectivity index (χ0n) is 6.96. The van der Waals surface area contributed by atoms with Crippen LogP contribution < -0.4 is 0 Å². The smallest absolute Gasteiger partial charge is 0.147 e. The molecule has 0 aliphatic heterocycles. The quantitative estimate of drug-likeness (QED) is 0.552. The van der Waals surface area contributed by atoms with Crippen molar-refractivity contribution in [3.8, 4) is 6.07 Å². The summed E-state index contributed by atoms with van der Waals surface area (Å²) in [7, 11) is 0. The molecule has 0 saturated carbocycles. The highest BCUT2D eigenvalue weighted by Crippen LogP contribution is 2.21. The normalized spacial score (nSPS) is 10.1. The third-order valence-corrected chi connectivity index (χ3v) is 2.81. The van der Waals surface area contributed by atoms with Crippen LogP contribution >= 0.6 is 34.2 Å². The molecule has 4 heteroatoms. The molecule has 0 saturated heterocycles. The Hall–Kier alpha value is -0.860. The second-order valence-corrected chi connectivity index (χ2v) is 4.38. The van der Waals surface area contributed by atoms with Crippen molar-refractivity contribution in [1.82, 2.24) is 4.98 Å². The minimum absolute atomic E-state index is 0.265. The van der Waals surface area contributed by atoms with E-state index < -0.39 is 0 Å². The van der Waals surface area contributed by atoms with E-state index in [0.29, 0.717) is 5.56 Å². The van der Waals surface area contributed by atoms with Gasteiger partial charge < -0.3 is 0 Å². The predicted octanol–water partition coefficient (Wildman–Crippen LogP) is 3.36. The van der Waals surface area contributed by atoms with Crippen molar-refractivity contribution in [3.63, 3.8) is 0 Å². The van der Waals surface area contributed by atoms with Gasteiger partial charge in [-0.25, -0.2) is 4.98 Å². The first kappa shape index (κ1) is 9.69. The summed E-state index contributed by atoms with van der Waals surface area (Å²) < 4.78 is 1.11. The van der Waals surface area contributed by atoms with Crippen molar-refractivity contribution >= 4 is 45.1 Å². The van der Waals surface area contributed by atoms with Gasteiger partial charge in [0.25, 0.3) is 0 Å². The summed E-state index contributed by atoms with van der Waals surface area (Å²) in [6, 6.07) is 9.59. The fourth-order valence-electron chi connectivity index (χ4n) is 1.20. The largest absolute Gasteiger partial charge is 0.235 e. The topological polar surface area (TPSA) is 36.7 Å². The summed E-state index contributed by atoms with van der Waals surface area (Å²) in [4.78, 5) is 4.13. The molecular weight excluding hydrogens is 310 g/mol. The van der Waals surface area contributed by atoms with E-state index in [0.717, 1.165) is 14.5 Å². The molecule has 14 heavy (non-hydrogen) atoms. The molecule has 0 unspecified atom stereocenters. The molecular formula is C10H4ClIN2. The van der Waals surface area contributed by atoms with Gasteiger partial charge in [0.2, 0.25) is 0 Å². The average Bonchev–Trinajstić information content (AvgIpc) is 2.17. The van der Waals surface area contributed by atoms with Crippen LogP contribution in [0.15, 0.2) is 24.3 Å². The first-order valence-corrected chi connectivity index (χ1v) is 5.32. The molecule has 68 valence electrons. The Kier molecular flexibility index (Phi) is 2.57. The second kappa shape index (κ2) is 3.71. The molecule has 2 nitrogen and oxygen atoms in total. The molecule has 0 fully saturated rings. The van der Waals surface area contributed by atoms with Crippen molar-refractivity contribution in [2.45, 2.75) is 0 Å². The average molecular weight is 315 g/mol. The lowest BCUT2D eigenvalue weighted by Crippen LogP contribution is -1.85. The Bertz CT molecular complexity index is 546. The van der Waals surface area contributed by atoms with Crippen LogP contribution in [0.2, 0.25) is 5.15 Å². The van der Waals surface area contributed by atoms with Gasteiger partial charge in [-0.15, -0.1) is 0 Å². The summed E-state index contributed by atoms with van der Waals surface area (Å²) in [6.07, 6.45) is 0. The summed E-state index contributed by atoms with van der Waals surface area (Å²) in [5, 5.41) is 9.98. The minimum Gasteiger partial charge on any atom is -0.235 e. The van der Waals surface area contributed by atoms with Crippen LogP contribution in [0.4, 0.5) is 0 Å². The molecule has 1 heterocycles. The van der Waals surface area contributed by atoms with Gasteiger partial charge in [-0.2, -0.15) is 5.26 Å². The van der Waals surface area contributed by atoms with Crippen LogP contribution in [0.25, 0.3) is 10.9 Å². The Morgan fingerprint density at radius 1 is 1.36 bits per heavy atom. The summed E-state index contributed by atoms with van der Waals surface area (Å²) in [5.74, 6) is 0. The van der Waals surface area contributed by atoms with Crippen LogP contribution in [-0.4, -0.2) is 4.98 Å². The summed E-state index contributed by atoms with van der Waals surface area (Å²) in [5.41, 5.74) is 1.23. The van der Waals surface area contributed by atoms with E-state index in [4.69, 9.17) is 16.9 Å². The third-order valence-electron chi connectivity index (χ3n) is 1.85. The number of hydrogen-bond acceptors (Lipinski definition) is 2. The maximum atomic E-state index is 8.77. The fraction of sp³-hybridized carbons (Fsp3) is 0. The standard InChI is InChI=1S/C10H4ClIN2/c11-10-7(5-13)3-6-4-8(12)1-2-9(6)14-10/h1-4H. The highest BCUT2D eigenvalue weighted by molar-refractivity contribution is 14.1. The summed E-state index contributed by atoms with van der Waals surface area (Å²) >= 11 is 8.02. The van der Waals surface area contributed by atoms with Crippen molar-refractivity contribution in [2.75, 3.05) is 0 Å². The van der Waals surface area contributed by atoms with E-state index in [2.05, 4.69) is 27.6 Å². The van der Waals surface area contributed by atoms with Crippen molar-refractivity contribution < 1.29 is 0 Å². The van der Waals surface area contributed by atoms with E-state index in [9.17, 15) is 0 Å². The molecule has 0 amide bonds. The third kappa shape index (κ3) is 1.68. The number of nitrogens with zero attached hydrogens (tertiary/aromatic N) is 2. The molecule has 1 aromatic heterocycles. The second-order valence-electron chi connectivity index (χ2n) is 2.78. The Labute approximate surface area is 99.7 Å². The van der Waals surface area contributed by atoms with Crippen molar-refractivity contribution in [3.05, 3.63) is 38.6 Å². The lowest BCUT2D eigenvalue weighted by molar-refractivity contribution is 1.37. The van der Waals surface area contributed by atoms with Crippen LogP contribution in [0.3, 0.4) is 0 Å². The first-order chi connectivity index (χ1) is 6.70. The molecule has 0 aliphatic carbocycles. The molecule has 2 aromatic rings. The Morgan fingerprint density at radius 2 is 2.14 bits per heavy atom. The molecule has 0 atom stereocenters. The number of fused-ring (bicyclic) bond motifs is 1. The van der Waals surface area contributed by atoms with Crippen LogP contribution in [0.5, 0.6) is 0 Å². The van der Waals surface area contributed by atoms with Crippen molar-refractivity contribution in [1.29, 1.82) is 5.26 Å². The zero-order valence-corrected chi connectivity index (χ0v) is 9.87. The maximum absolute atomic E-state index is 8.77. The maximum Gasteiger partial charge on any atom is 0.147 e.